The maximum atomic E-state index is 5.28. The minimum absolute atomic E-state index is 0.0353. The number of hydrogen-bond donors (Lipinski definition) is 1. The molecule has 2 rings (SSSR count). The summed E-state index contributed by atoms with van der Waals surface area (Å²) in [6.07, 6.45) is 3.39. The molecule has 0 spiro atoms. The number of hydrogen-bond acceptors (Lipinski definition) is 3. The highest BCUT2D eigenvalue weighted by atomic mass is 32.1. The van der Waals surface area contributed by atoms with Gasteiger partial charge >= 0.3 is 0 Å². The zero-order valence-corrected chi connectivity index (χ0v) is 10.4. The largest absolute Gasteiger partial charge is 0.294 e. The van der Waals surface area contributed by atoms with Crippen molar-refractivity contribution in [3.8, 4) is 5.95 Å². The highest BCUT2D eigenvalue weighted by Crippen LogP contribution is 2.20. The number of aromatic amines is 1. The fourth-order valence-electron chi connectivity index (χ4n) is 1.34. The Morgan fingerprint density at radius 1 is 1.25 bits per heavy atom. The van der Waals surface area contributed by atoms with Gasteiger partial charge in [-0.1, -0.05) is 33.0 Å². The third kappa shape index (κ3) is 2.04. The lowest BCUT2D eigenvalue weighted by Crippen LogP contribution is -2.13. The first-order valence-electron chi connectivity index (χ1n) is 5.08. The maximum absolute atomic E-state index is 5.28. The lowest BCUT2D eigenvalue weighted by molar-refractivity contribution is 0.558. The molecule has 5 heteroatoms. The van der Waals surface area contributed by atoms with Gasteiger partial charge in [-0.05, 0) is 12.1 Å². The Morgan fingerprint density at radius 2 is 1.88 bits per heavy atom. The molecule has 0 saturated heterocycles. The molecule has 0 amide bonds. The highest BCUT2D eigenvalue weighted by molar-refractivity contribution is 7.71. The minimum atomic E-state index is 0.0353. The summed E-state index contributed by atoms with van der Waals surface area (Å²) in [5.41, 5.74) is 1.11. The molecule has 0 atom stereocenters. The van der Waals surface area contributed by atoms with Crippen LogP contribution in [0.4, 0.5) is 0 Å². The molecule has 0 bridgehead atoms. The summed E-state index contributed by atoms with van der Waals surface area (Å²) in [6.45, 7) is 6.39. The van der Waals surface area contributed by atoms with Crippen LogP contribution in [0.2, 0.25) is 0 Å². The van der Waals surface area contributed by atoms with Gasteiger partial charge in [0.25, 0.3) is 0 Å². The molecule has 4 nitrogen and oxygen atoms in total. The van der Waals surface area contributed by atoms with Crippen LogP contribution in [0.25, 0.3) is 5.95 Å². The van der Waals surface area contributed by atoms with Crippen molar-refractivity contribution in [3.63, 3.8) is 0 Å². The van der Waals surface area contributed by atoms with Gasteiger partial charge in [0.1, 0.15) is 4.64 Å². The summed E-state index contributed by atoms with van der Waals surface area (Å²) in [7, 11) is 0. The van der Waals surface area contributed by atoms with Gasteiger partial charge in [-0.15, -0.1) is 0 Å². The molecule has 0 aliphatic carbocycles. The molecule has 1 N–H and O–H groups in total. The van der Waals surface area contributed by atoms with Gasteiger partial charge in [-0.2, -0.15) is 0 Å². The van der Waals surface area contributed by atoms with Crippen LogP contribution < -0.4 is 0 Å². The standard InChI is InChI=1S/C11H14N4S/c1-11(2,3)8-7-9(16)15(14-8)10-12-5-4-6-13-10/h4-7,14H,1-3H3. The van der Waals surface area contributed by atoms with Crippen LogP contribution >= 0.6 is 12.2 Å². The molecule has 2 aromatic rings. The van der Waals surface area contributed by atoms with E-state index in [4.69, 9.17) is 12.2 Å². The Morgan fingerprint density at radius 3 is 2.38 bits per heavy atom. The fourth-order valence-corrected chi connectivity index (χ4v) is 1.58. The first-order valence-corrected chi connectivity index (χ1v) is 5.49. The first-order chi connectivity index (χ1) is 7.48. The molecular weight excluding hydrogens is 220 g/mol. The normalized spacial score (nSPS) is 11.7. The minimum Gasteiger partial charge on any atom is -0.294 e. The number of H-pyrrole nitrogens is 1. The van der Waals surface area contributed by atoms with Crippen molar-refractivity contribution in [3.05, 3.63) is 34.9 Å². The van der Waals surface area contributed by atoms with E-state index < -0.39 is 0 Å². The molecule has 0 saturated carbocycles. The molecule has 2 heterocycles. The van der Waals surface area contributed by atoms with E-state index in [0.29, 0.717) is 10.6 Å². The van der Waals surface area contributed by atoms with Gasteiger partial charge < -0.3 is 0 Å². The van der Waals surface area contributed by atoms with Gasteiger partial charge in [0.2, 0.25) is 5.95 Å². The van der Waals surface area contributed by atoms with Gasteiger partial charge in [-0.3, -0.25) is 5.10 Å². The van der Waals surface area contributed by atoms with E-state index in [9.17, 15) is 0 Å². The van der Waals surface area contributed by atoms with Crippen LogP contribution in [0, 0.1) is 4.64 Å². The summed E-state index contributed by atoms with van der Waals surface area (Å²) in [5.74, 6) is 0.572. The van der Waals surface area contributed by atoms with E-state index >= 15 is 0 Å². The third-order valence-corrected chi connectivity index (χ3v) is 2.58. The Kier molecular flexibility index (Phi) is 2.63. The summed E-state index contributed by atoms with van der Waals surface area (Å²) in [4.78, 5) is 8.32. The van der Waals surface area contributed by atoms with Crippen LogP contribution in [0.15, 0.2) is 24.5 Å². The van der Waals surface area contributed by atoms with Crippen LogP contribution in [-0.4, -0.2) is 19.7 Å². The molecule has 16 heavy (non-hydrogen) atoms. The summed E-state index contributed by atoms with van der Waals surface area (Å²) in [6, 6.07) is 3.73. The number of aromatic nitrogens is 4. The van der Waals surface area contributed by atoms with E-state index in [1.165, 1.54) is 0 Å². The summed E-state index contributed by atoms with van der Waals surface area (Å²) in [5, 5.41) is 3.23. The molecule has 0 radical (unpaired) electrons. The van der Waals surface area contributed by atoms with Gasteiger partial charge in [0.05, 0.1) is 0 Å². The second-order valence-corrected chi connectivity index (χ2v) is 5.06. The molecular formula is C11H14N4S. The van der Waals surface area contributed by atoms with E-state index in [0.717, 1.165) is 5.69 Å². The van der Waals surface area contributed by atoms with Crippen molar-refractivity contribution in [1.82, 2.24) is 19.7 Å². The lowest BCUT2D eigenvalue weighted by Gasteiger charge is -2.15. The second-order valence-electron chi connectivity index (χ2n) is 4.64. The van der Waals surface area contributed by atoms with Crippen molar-refractivity contribution in [2.75, 3.05) is 0 Å². The molecule has 0 aromatic carbocycles. The molecule has 0 unspecified atom stereocenters. The smallest absolute Gasteiger partial charge is 0.249 e. The van der Waals surface area contributed by atoms with Crippen molar-refractivity contribution >= 4 is 12.2 Å². The van der Waals surface area contributed by atoms with E-state index in [1.54, 1.807) is 23.1 Å². The Bertz CT molecular complexity index is 533. The number of nitrogens with zero attached hydrogens (tertiary/aromatic N) is 3. The quantitative estimate of drug-likeness (QED) is 0.771. The van der Waals surface area contributed by atoms with Gasteiger partial charge in [0, 0.05) is 23.5 Å². The van der Waals surface area contributed by atoms with Gasteiger partial charge in [-0.25, -0.2) is 14.6 Å². The zero-order chi connectivity index (χ0) is 11.8. The van der Waals surface area contributed by atoms with Crippen molar-refractivity contribution in [1.29, 1.82) is 0 Å². The molecule has 84 valence electrons. The second kappa shape index (κ2) is 3.83. The van der Waals surface area contributed by atoms with E-state index in [2.05, 4.69) is 35.8 Å². The van der Waals surface area contributed by atoms with Crippen LogP contribution in [0.5, 0.6) is 0 Å². The Labute approximate surface area is 99.4 Å². The lowest BCUT2D eigenvalue weighted by atomic mass is 9.93. The fraction of sp³-hybridized carbons (Fsp3) is 0.364. The van der Waals surface area contributed by atoms with Crippen LogP contribution in [0.1, 0.15) is 26.5 Å². The molecule has 0 aliphatic heterocycles. The van der Waals surface area contributed by atoms with Crippen molar-refractivity contribution in [2.45, 2.75) is 26.2 Å². The number of rotatable bonds is 1. The molecule has 0 aliphatic rings. The van der Waals surface area contributed by atoms with Crippen molar-refractivity contribution in [2.24, 2.45) is 0 Å². The predicted molar refractivity (Wildman–Crippen MR) is 65.2 cm³/mol. The van der Waals surface area contributed by atoms with Crippen LogP contribution in [0.3, 0.4) is 0 Å². The van der Waals surface area contributed by atoms with Crippen molar-refractivity contribution < 1.29 is 0 Å². The first kappa shape index (κ1) is 11.0. The molecule has 0 fully saturated rings. The maximum Gasteiger partial charge on any atom is 0.249 e. The highest BCUT2D eigenvalue weighted by Gasteiger charge is 2.17. The number of nitrogens with one attached hydrogen (secondary N) is 1. The summed E-state index contributed by atoms with van der Waals surface area (Å²) >= 11 is 5.28. The Hall–Kier alpha value is -1.49. The monoisotopic (exact) mass is 234 g/mol. The molecule has 2 aromatic heterocycles. The average Bonchev–Trinajstić information content (AvgIpc) is 2.61. The van der Waals surface area contributed by atoms with Crippen LogP contribution in [-0.2, 0) is 5.41 Å². The topological polar surface area (TPSA) is 46.5 Å². The van der Waals surface area contributed by atoms with Gasteiger partial charge in [0.15, 0.2) is 0 Å². The van der Waals surface area contributed by atoms with E-state index in [-0.39, 0.29) is 5.41 Å². The average molecular weight is 234 g/mol. The third-order valence-electron chi connectivity index (χ3n) is 2.28. The van der Waals surface area contributed by atoms with E-state index in [1.807, 2.05) is 6.07 Å². The predicted octanol–water partition coefficient (Wildman–Crippen LogP) is 2.62. The Balaban J connectivity index is 2.53. The SMILES string of the molecule is CC(C)(C)c1cc(=S)n(-c2ncccn2)[nH]1. The zero-order valence-electron chi connectivity index (χ0n) is 9.56. The summed E-state index contributed by atoms with van der Waals surface area (Å²) < 4.78 is 2.41.